The van der Waals surface area contributed by atoms with E-state index in [0.29, 0.717) is 17.8 Å². The summed E-state index contributed by atoms with van der Waals surface area (Å²) in [5.41, 5.74) is 19.4. The molecular weight excluding hydrogens is 324 g/mol. The fraction of sp³-hybridized carbons (Fsp3) is 0.133. The minimum atomic E-state index is -0.978. The van der Waals surface area contributed by atoms with Crippen molar-refractivity contribution in [3.8, 4) is 0 Å². The van der Waals surface area contributed by atoms with Crippen LogP contribution in [0, 0.1) is 0 Å². The maximum atomic E-state index is 10.9. The molecule has 0 spiro atoms. The van der Waals surface area contributed by atoms with E-state index in [1.54, 1.807) is 12.1 Å². The predicted molar refractivity (Wildman–Crippen MR) is 93.9 cm³/mol. The molecule has 0 aliphatic heterocycles. The molecule has 0 bridgehead atoms. The van der Waals surface area contributed by atoms with E-state index in [-0.39, 0.29) is 28.8 Å². The Morgan fingerprint density at radius 2 is 1.72 bits per heavy atom. The Hall–Kier alpha value is -3.69. The monoisotopic (exact) mass is 340 g/mol. The molecular formula is C15H16N8O2. The van der Waals surface area contributed by atoms with Crippen molar-refractivity contribution < 1.29 is 9.90 Å². The number of carbonyl (C=O) groups is 1. The Morgan fingerprint density at radius 1 is 1.04 bits per heavy atom. The molecule has 2 heterocycles. The van der Waals surface area contributed by atoms with Gasteiger partial charge in [0.05, 0.1) is 12.1 Å². The number of nitrogens with two attached hydrogens (primary N) is 3. The molecule has 0 saturated carbocycles. The van der Waals surface area contributed by atoms with Gasteiger partial charge in [-0.15, -0.1) is 0 Å². The van der Waals surface area contributed by atoms with Crippen molar-refractivity contribution in [1.82, 2.24) is 19.9 Å². The molecule has 0 aliphatic carbocycles. The standard InChI is InChI=1S/C15H16N8O2/c1-23(8-4-2-7(3-5-8)14(24)25)6-9-11(16)20-13-10(19-9)12(17)21-15(18)22-13/h2-5H,6H2,1H3,(H,24,25)(H6,16,17,18,20,21,22). The first kappa shape index (κ1) is 16.2. The number of hydrogen-bond donors (Lipinski definition) is 4. The fourth-order valence-corrected chi connectivity index (χ4v) is 2.32. The number of nitrogens with zero attached hydrogens (tertiary/aromatic N) is 5. The lowest BCUT2D eigenvalue weighted by atomic mass is 10.2. The van der Waals surface area contributed by atoms with Crippen LogP contribution in [-0.4, -0.2) is 38.1 Å². The number of aromatic carboxylic acids is 1. The maximum absolute atomic E-state index is 10.9. The van der Waals surface area contributed by atoms with Crippen molar-refractivity contribution in [1.29, 1.82) is 0 Å². The van der Waals surface area contributed by atoms with E-state index in [2.05, 4.69) is 19.9 Å². The third-order valence-corrected chi connectivity index (χ3v) is 3.62. The molecule has 7 N–H and O–H groups in total. The summed E-state index contributed by atoms with van der Waals surface area (Å²) in [6.07, 6.45) is 0. The third-order valence-electron chi connectivity index (χ3n) is 3.62. The molecule has 0 amide bonds. The molecule has 0 atom stereocenters. The minimum Gasteiger partial charge on any atom is -0.478 e. The first-order valence-electron chi connectivity index (χ1n) is 7.24. The molecule has 0 fully saturated rings. The predicted octanol–water partition coefficient (Wildman–Crippen LogP) is 0.501. The molecule has 1 aromatic carbocycles. The third kappa shape index (κ3) is 3.17. The van der Waals surface area contributed by atoms with E-state index < -0.39 is 5.97 Å². The van der Waals surface area contributed by atoms with E-state index in [4.69, 9.17) is 22.3 Å². The lowest BCUT2D eigenvalue weighted by Gasteiger charge is -2.19. The second-order valence-electron chi connectivity index (χ2n) is 5.40. The van der Waals surface area contributed by atoms with Gasteiger partial charge in [-0.3, -0.25) is 0 Å². The largest absolute Gasteiger partial charge is 0.478 e. The molecule has 3 rings (SSSR count). The van der Waals surface area contributed by atoms with Crippen LogP contribution in [0.5, 0.6) is 0 Å². The van der Waals surface area contributed by atoms with Crippen molar-refractivity contribution in [2.24, 2.45) is 0 Å². The van der Waals surface area contributed by atoms with Gasteiger partial charge >= 0.3 is 5.97 Å². The van der Waals surface area contributed by atoms with Crippen LogP contribution in [0.3, 0.4) is 0 Å². The average molecular weight is 340 g/mol. The Morgan fingerprint density at radius 3 is 2.36 bits per heavy atom. The van der Waals surface area contributed by atoms with Gasteiger partial charge in [0.2, 0.25) is 5.95 Å². The van der Waals surface area contributed by atoms with E-state index in [1.165, 1.54) is 12.1 Å². The summed E-state index contributed by atoms with van der Waals surface area (Å²) in [5, 5.41) is 8.95. The fourth-order valence-electron chi connectivity index (χ4n) is 2.32. The zero-order valence-electron chi connectivity index (χ0n) is 13.3. The van der Waals surface area contributed by atoms with Crippen LogP contribution in [0.2, 0.25) is 0 Å². The summed E-state index contributed by atoms with van der Waals surface area (Å²) in [4.78, 5) is 29.2. The number of benzene rings is 1. The van der Waals surface area contributed by atoms with Crippen LogP contribution in [0.4, 0.5) is 23.3 Å². The molecule has 0 saturated heterocycles. The van der Waals surface area contributed by atoms with Gasteiger partial charge in [-0.05, 0) is 24.3 Å². The molecule has 128 valence electrons. The Kier molecular flexibility index (Phi) is 3.93. The quantitative estimate of drug-likeness (QED) is 0.524. The molecule has 2 aromatic heterocycles. The van der Waals surface area contributed by atoms with Gasteiger partial charge in [0, 0.05) is 12.7 Å². The van der Waals surface area contributed by atoms with E-state index >= 15 is 0 Å². The van der Waals surface area contributed by atoms with Crippen LogP contribution in [-0.2, 0) is 6.54 Å². The van der Waals surface area contributed by atoms with Gasteiger partial charge in [0.25, 0.3) is 0 Å². The topological polar surface area (TPSA) is 170 Å². The summed E-state index contributed by atoms with van der Waals surface area (Å²) in [5.74, 6) is -0.639. The lowest BCUT2D eigenvalue weighted by molar-refractivity contribution is 0.0697. The zero-order chi connectivity index (χ0) is 18.1. The molecule has 10 heteroatoms. The number of anilines is 4. The van der Waals surface area contributed by atoms with Gasteiger partial charge in [-0.25, -0.2) is 14.8 Å². The Bertz CT molecular complexity index is 958. The van der Waals surface area contributed by atoms with Gasteiger partial charge in [0.15, 0.2) is 17.0 Å². The normalized spacial score (nSPS) is 10.8. The van der Waals surface area contributed by atoms with Crippen LogP contribution >= 0.6 is 0 Å². The lowest BCUT2D eigenvalue weighted by Crippen LogP contribution is -2.19. The van der Waals surface area contributed by atoms with Gasteiger partial charge in [-0.2, -0.15) is 9.97 Å². The van der Waals surface area contributed by atoms with Gasteiger partial charge in [0.1, 0.15) is 11.5 Å². The highest BCUT2D eigenvalue weighted by atomic mass is 16.4. The second kappa shape index (κ2) is 6.07. The maximum Gasteiger partial charge on any atom is 0.335 e. The highest BCUT2D eigenvalue weighted by molar-refractivity contribution is 5.88. The zero-order valence-corrected chi connectivity index (χ0v) is 13.3. The minimum absolute atomic E-state index is 0.00193. The van der Waals surface area contributed by atoms with Crippen LogP contribution in [0.15, 0.2) is 24.3 Å². The van der Waals surface area contributed by atoms with Crippen molar-refractivity contribution in [2.75, 3.05) is 29.1 Å². The molecule has 3 aromatic rings. The van der Waals surface area contributed by atoms with E-state index in [9.17, 15) is 4.79 Å². The highest BCUT2D eigenvalue weighted by Crippen LogP contribution is 2.21. The molecule has 0 unspecified atom stereocenters. The van der Waals surface area contributed by atoms with E-state index in [0.717, 1.165) is 5.69 Å². The number of fused-ring (bicyclic) bond motifs is 1. The number of aromatic nitrogens is 4. The van der Waals surface area contributed by atoms with Crippen molar-refractivity contribution >= 4 is 40.4 Å². The highest BCUT2D eigenvalue weighted by Gasteiger charge is 2.14. The van der Waals surface area contributed by atoms with Gasteiger partial charge < -0.3 is 27.2 Å². The van der Waals surface area contributed by atoms with Crippen molar-refractivity contribution in [3.05, 3.63) is 35.5 Å². The van der Waals surface area contributed by atoms with Crippen molar-refractivity contribution in [3.63, 3.8) is 0 Å². The first-order valence-corrected chi connectivity index (χ1v) is 7.24. The molecule has 25 heavy (non-hydrogen) atoms. The van der Waals surface area contributed by atoms with Crippen LogP contribution in [0.25, 0.3) is 11.2 Å². The second-order valence-corrected chi connectivity index (χ2v) is 5.40. The average Bonchev–Trinajstić information content (AvgIpc) is 2.56. The molecule has 0 radical (unpaired) electrons. The smallest absolute Gasteiger partial charge is 0.335 e. The summed E-state index contributed by atoms with van der Waals surface area (Å²) in [7, 11) is 1.82. The van der Waals surface area contributed by atoms with Crippen LogP contribution in [0.1, 0.15) is 16.1 Å². The van der Waals surface area contributed by atoms with Crippen molar-refractivity contribution in [2.45, 2.75) is 6.54 Å². The summed E-state index contributed by atoms with van der Waals surface area (Å²) < 4.78 is 0. The summed E-state index contributed by atoms with van der Waals surface area (Å²) in [6, 6.07) is 6.45. The Labute approximate surface area is 142 Å². The summed E-state index contributed by atoms with van der Waals surface area (Å²) in [6.45, 7) is 0.338. The SMILES string of the molecule is CN(Cc1nc2c(N)nc(N)nc2nc1N)c1ccc(C(=O)O)cc1. The molecule has 0 aliphatic rings. The number of rotatable bonds is 4. The van der Waals surface area contributed by atoms with Crippen LogP contribution < -0.4 is 22.1 Å². The number of carboxylic acids is 1. The first-order chi connectivity index (χ1) is 11.8. The Balaban J connectivity index is 1.91. The number of hydrogen-bond acceptors (Lipinski definition) is 9. The summed E-state index contributed by atoms with van der Waals surface area (Å²) >= 11 is 0. The van der Waals surface area contributed by atoms with Gasteiger partial charge in [-0.1, -0.05) is 0 Å². The number of carboxylic acid groups (broad SMARTS) is 1. The molecule has 10 nitrogen and oxygen atoms in total. The van der Waals surface area contributed by atoms with E-state index in [1.807, 2.05) is 11.9 Å². The number of nitrogen functional groups attached to an aromatic ring is 3.